The van der Waals surface area contributed by atoms with Crippen LogP contribution in [0.1, 0.15) is 12.5 Å². The summed E-state index contributed by atoms with van der Waals surface area (Å²) >= 11 is 1.88. The number of likely N-dealkylation sites (tertiary alicyclic amines) is 1. The fourth-order valence-electron chi connectivity index (χ4n) is 2.16. The van der Waals surface area contributed by atoms with Crippen molar-refractivity contribution in [2.75, 3.05) is 13.1 Å². The van der Waals surface area contributed by atoms with Gasteiger partial charge in [0, 0.05) is 34.8 Å². The van der Waals surface area contributed by atoms with Crippen LogP contribution in [0.5, 0.6) is 0 Å². The van der Waals surface area contributed by atoms with Crippen LogP contribution < -0.4 is 5.73 Å². The highest BCUT2D eigenvalue weighted by atomic mass is 127. The molecule has 1 saturated heterocycles. The van der Waals surface area contributed by atoms with E-state index in [1.807, 2.05) is 27.5 Å². The minimum absolute atomic E-state index is 0.101. The Balaban J connectivity index is 2.17. The van der Waals surface area contributed by atoms with E-state index < -0.39 is 11.6 Å². The van der Waals surface area contributed by atoms with Gasteiger partial charge in [0.05, 0.1) is 0 Å². The lowest BCUT2D eigenvalue weighted by molar-refractivity contribution is 0.307. The van der Waals surface area contributed by atoms with Gasteiger partial charge in [-0.25, -0.2) is 8.78 Å². The molecule has 0 amide bonds. The molecule has 5 heteroatoms. The Morgan fingerprint density at radius 2 is 2.12 bits per heavy atom. The van der Waals surface area contributed by atoms with Crippen molar-refractivity contribution >= 4 is 22.6 Å². The van der Waals surface area contributed by atoms with E-state index in [1.54, 1.807) is 0 Å². The lowest BCUT2D eigenvalue weighted by Crippen LogP contribution is -2.28. The highest BCUT2D eigenvalue weighted by Crippen LogP contribution is 2.23. The molecule has 1 aromatic carbocycles. The van der Waals surface area contributed by atoms with Crippen LogP contribution in [0.15, 0.2) is 12.1 Å². The lowest BCUT2D eigenvalue weighted by Gasteiger charge is -2.16. The molecule has 0 radical (unpaired) electrons. The Labute approximate surface area is 113 Å². The van der Waals surface area contributed by atoms with Crippen LogP contribution in [-0.4, -0.2) is 24.0 Å². The topological polar surface area (TPSA) is 29.3 Å². The lowest BCUT2D eigenvalue weighted by atomic mass is 10.1. The van der Waals surface area contributed by atoms with Crippen molar-refractivity contribution in [1.29, 1.82) is 0 Å². The molecule has 2 unspecified atom stereocenters. The van der Waals surface area contributed by atoms with Crippen LogP contribution >= 0.6 is 22.6 Å². The van der Waals surface area contributed by atoms with Gasteiger partial charge < -0.3 is 5.73 Å². The Bertz CT molecular complexity index is 415. The first-order chi connectivity index (χ1) is 7.99. The van der Waals surface area contributed by atoms with E-state index in [2.05, 4.69) is 6.92 Å². The standard InChI is InChI=1S/C12H15F2IN2/c1-7-4-17(6-11(7)16)5-8-9(13)2-3-10(15)12(8)14/h2-3,7,11H,4-6,16H2,1H3. The zero-order valence-electron chi connectivity index (χ0n) is 9.59. The molecule has 2 rings (SSSR count). The predicted molar refractivity (Wildman–Crippen MR) is 71.5 cm³/mol. The molecule has 1 fully saturated rings. The second kappa shape index (κ2) is 5.16. The fourth-order valence-corrected chi connectivity index (χ4v) is 2.67. The summed E-state index contributed by atoms with van der Waals surface area (Å²) in [6.45, 7) is 3.86. The number of nitrogens with two attached hydrogens (primary N) is 1. The van der Waals surface area contributed by atoms with Crippen LogP contribution in [0.4, 0.5) is 8.78 Å². The molecule has 0 bridgehead atoms. The second-order valence-electron chi connectivity index (χ2n) is 4.66. The summed E-state index contributed by atoms with van der Waals surface area (Å²) in [6.07, 6.45) is 0. The summed E-state index contributed by atoms with van der Waals surface area (Å²) in [5.74, 6) is -0.543. The van der Waals surface area contributed by atoms with Crippen LogP contribution in [-0.2, 0) is 6.54 Å². The minimum atomic E-state index is -0.476. The van der Waals surface area contributed by atoms with Crippen molar-refractivity contribution in [2.45, 2.75) is 19.5 Å². The largest absolute Gasteiger partial charge is 0.326 e. The maximum atomic E-state index is 13.8. The number of benzene rings is 1. The van der Waals surface area contributed by atoms with E-state index >= 15 is 0 Å². The number of hydrogen-bond donors (Lipinski definition) is 1. The molecule has 0 spiro atoms. The molecule has 17 heavy (non-hydrogen) atoms. The number of halogens is 3. The molecule has 1 aliphatic rings. The number of nitrogens with zero attached hydrogens (tertiary/aromatic N) is 1. The number of hydrogen-bond acceptors (Lipinski definition) is 2. The third kappa shape index (κ3) is 2.77. The van der Waals surface area contributed by atoms with Crippen LogP contribution in [0, 0.1) is 21.1 Å². The van der Waals surface area contributed by atoms with Gasteiger partial charge in [0.1, 0.15) is 11.6 Å². The van der Waals surface area contributed by atoms with E-state index in [-0.39, 0.29) is 11.6 Å². The Hall–Kier alpha value is -0.270. The third-order valence-electron chi connectivity index (χ3n) is 3.27. The Morgan fingerprint density at radius 1 is 1.41 bits per heavy atom. The molecule has 2 N–H and O–H groups in total. The van der Waals surface area contributed by atoms with Crippen molar-refractivity contribution in [2.24, 2.45) is 11.7 Å². The Kier molecular flexibility index (Phi) is 3.99. The van der Waals surface area contributed by atoms with E-state index in [9.17, 15) is 8.78 Å². The summed E-state index contributed by atoms with van der Waals surface area (Å²) < 4.78 is 27.8. The van der Waals surface area contributed by atoms with Gasteiger partial charge in [-0.1, -0.05) is 6.92 Å². The van der Waals surface area contributed by atoms with Gasteiger partial charge >= 0.3 is 0 Å². The molecule has 0 saturated carbocycles. The molecule has 0 aromatic heterocycles. The van der Waals surface area contributed by atoms with Gasteiger partial charge in [-0.2, -0.15) is 0 Å². The summed E-state index contributed by atoms with van der Waals surface area (Å²) in [5, 5.41) is 0. The van der Waals surface area contributed by atoms with Crippen molar-refractivity contribution < 1.29 is 8.78 Å². The molecular weight excluding hydrogens is 337 g/mol. The van der Waals surface area contributed by atoms with Crippen LogP contribution in [0.25, 0.3) is 0 Å². The number of rotatable bonds is 2. The van der Waals surface area contributed by atoms with Gasteiger partial charge in [0.15, 0.2) is 0 Å². The molecule has 0 aliphatic carbocycles. The summed E-state index contributed by atoms with van der Waals surface area (Å²) in [5.41, 5.74) is 6.05. The van der Waals surface area contributed by atoms with Crippen molar-refractivity contribution in [3.05, 3.63) is 32.9 Å². The second-order valence-corrected chi connectivity index (χ2v) is 5.82. The minimum Gasteiger partial charge on any atom is -0.326 e. The van der Waals surface area contributed by atoms with Crippen molar-refractivity contribution in [3.8, 4) is 0 Å². The fraction of sp³-hybridized carbons (Fsp3) is 0.500. The average molecular weight is 352 g/mol. The van der Waals surface area contributed by atoms with Crippen LogP contribution in [0.3, 0.4) is 0 Å². The SMILES string of the molecule is CC1CN(Cc2c(F)ccc(I)c2F)CC1N. The van der Waals surface area contributed by atoms with Crippen molar-refractivity contribution in [1.82, 2.24) is 4.90 Å². The highest BCUT2D eigenvalue weighted by Gasteiger charge is 2.27. The average Bonchev–Trinajstić information content (AvgIpc) is 2.59. The van der Waals surface area contributed by atoms with E-state index in [4.69, 9.17) is 5.73 Å². The maximum Gasteiger partial charge on any atom is 0.143 e. The quantitative estimate of drug-likeness (QED) is 0.654. The molecule has 2 atom stereocenters. The Morgan fingerprint density at radius 3 is 2.71 bits per heavy atom. The molecule has 1 heterocycles. The van der Waals surface area contributed by atoms with Crippen molar-refractivity contribution in [3.63, 3.8) is 0 Å². The summed E-state index contributed by atoms with van der Waals surface area (Å²) in [4.78, 5) is 2.01. The predicted octanol–water partition coefficient (Wildman–Crippen LogP) is 2.35. The monoisotopic (exact) mass is 352 g/mol. The van der Waals surface area contributed by atoms with Gasteiger partial charge in [-0.05, 0) is 40.6 Å². The summed E-state index contributed by atoms with van der Waals surface area (Å²) in [7, 11) is 0. The van der Waals surface area contributed by atoms with Gasteiger partial charge in [0.25, 0.3) is 0 Å². The third-order valence-corrected chi connectivity index (χ3v) is 4.10. The summed E-state index contributed by atoms with van der Waals surface area (Å²) in [6, 6.07) is 2.87. The first-order valence-electron chi connectivity index (χ1n) is 5.59. The van der Waals surface area contributed by atoms with E-state index in [1.165, 1.54) is 12.1 Å². The normalized spacial score (nSPS) is 25.5. The molecule has 1 aliphatic heterocycles. The van der Waals surface area contributed by atoms with E-state index in [0.717, 1.165) is 6.54 Å². The molecule has 2 nitrogen and oxygen atoms in total. The first-order valence-corrected chi connectivity index (χ1v) is 6.67. The van der Waals surface area contributed by atoms with Gasteiger partial charge in [-0.3, -0.25) is 4.90 Å². The highest BCUT2D eigenvalue weighted by molar-refractivity contribution is 14.1. The zero-order valence-corrected chi connectivity index (χ0v) is 11.7. The van der Waals surface area contributed by atoms with Crippen LogP contribution in [0.2, 0.25) is 0 Å². The smallest absolute Gasteiger partial charge is 0.143 e. The molecule has 94 valence electrons. The zero-order chi connectivity index (χ0) is 12.6. The van der Waals surface area contributed by atoms with Gasteiger partial charge in [-0.15, -0.1) is 0 Å². The molecular formula is C12H15F2IN2. The van der Waals surface area contributed by atoms with E-state index in [0.29, 0.717) is 22.6 Å². The maximum absolute atomic E-state index is 13.8. The molecule has 1 aromatic rings. The van der Waals surface area contributed by atoms with Gasteiger partial charge in [0.2, 0.25) is 0 Å². The first kappa shape index (κ1) is 13.2.